The lowest BCUT2D eigenvalue weighted by molar-refractivity contribution is 0.294. The third-order valence-corrected chi connectivity index (χ3v) is 5.65. The zero-order valence-electron chi connectivity index (χ0n) is 16.7. The Balaban J connectivity index is 1.76. The number of hydrogen-bond donors (Lipinski definition) is 0. The van der Waals surface area contributed by atoms with E-state index in [0.717, 1.165) is 31.2 Å². The van der Waals surface area contributed by atoms with E-state index in [1.807, 2.05) is 18.2 Å². The Labute approximate surface area is 172 Å². The van der Waals surface area contributed by atoms with Gasteiger partial charge in [0.2, 0.25) is 0 Å². The van der Waals surface area contributed by atoms with Gasteiger partial charge < -0.3 is 4.74 Å². The van der Waals surface area contributed by atoms with Crippen LogP contribution >= 0.6 is 11.6 Å². The van der Waals surface area contributed by atoms with Gasteiger partial charge in [0.25, 0.3) is 0 Å². The van der Waals surface area contributed by atoms with E-state index in [1.54, 1.807) is 6.07 Å². The van der Waals surface area contributed by atoms with Crippen molar-refractivity contribution in [2.24, 2.45) is 5.92 Å². The van der Waals surface area contributed by atoms with Crippen LogP contribution in [-0.4, -0.2) is 6.61 Å². The molecule has 3 rings (SSSR count). The highest BCUT2D eigenvalue weighted by Gasteiger charge is 2.16. The normalized spacial score (nSPS) is 17.0. The average Bonchev–Trinajstić information content (AvgIpc) is 2.72. The maximum atomic E-state index is 14.6. The van der Waals surface area contributed by atoms with Crippen LogP contribution in [0.25, 0.3) is 16.7 Å². The highest BCUT2D eigenvalue weighted by atomic mass is 35.5. The molecule has 0 saturated carbocycles. The molecule has 0 saturated heterocycles. The molecule has 0 spiro atoms. The van der Waals surface area contributed by atoms with Crippen molar-refractivity contribution in [1.29, 1.82) is 0 Å². The SMILES string of the molecule is CC=CC1CC=C(c2ccc(-c3ccc(OCCCC)c(F)c3Cl)cc2)CC1. The van der Waals surface area contributed by atoms with Gasteiger partial charge in [-0.2, -0.15) is 0 Å². The molecule has 1 atom stereocenters. The van der Waals surface area contributed by atoms with Crippen LogP contribution in [0.15, 0.2) is 54.6 Å². The summed E-state index contributed by atoms with van der Waals surface area (Å²) >= 11 is 6.31. The minimum atomic E-state index is -0.482. The second-order valence-corrected chi connectivity index (χ2v) is 7.69. The van der Waals surface area contributed by atoms with Gasteiger partial charge in [-0.1, -0.05) is 67.4 Å². The molecule has 1 unspecified atom stereocenters. The molecule has 1 nitrogen and oxygen atoms in total. The molecular formula is C25H28ClFO. The van der Waals surface area contributed by atoms with Crippen LogP contribution < -0.4 is 4.74 Å². The Morgan fingerprint density at radius 2 is 1.89 bits per heavy atom. The highest BCUT2D eigenvalue weighted by Crippen LogP contribution is 2.36. The maximum absolute atomic E-state index is 14.6. The van der Waals surface area contributed by atoms with E-state index >= 15 is 0 Å². The number of allylic oxidation sites excluding steroid dienone is 4. The fourth-order valence-corrected chi connectivity index (χ4v) is 3.89. The molecule has 0 heterocycles. The van der Waals surface area contributed by atoms with Crippen molar-refractivity contribution in [1.82, 2.24) is 0 Å². The predicted octanol–water partition coefficient (Wildman–Crippen LogP) is 8.08. The van der Waals surface area contributed by atoms with Gasteiger partial charge in [-0.25, -0.2) is 4.39 Å². The molecule has 2 aromatic carbocycles. The van der Waals surface area contributed by atoms with Gasteiger partial charge in [-0.3, -0.25) is 0 Å². The van der Waals surface area contributed by atoms with Crippen LogP contribution in [0.2, 0.25) is 5.02 Å². The molecule has 0 aliphatic heterocycles. The molecule has 0 aromatic heterocycles. The number of rotatable bonds is 7. The van der Waals surface area contributed by atoms with Gasteiger partial charge in [0.15, 0.2) is 11.6 Å². The number of ether oxygens (including phenoxy) is 1. The van der Waals surface area contributed by atoms with Crippen molar-refractivity contribution in [3.63, 3.8) is 0 Å². The van der Waals surface area contributed by atoms with Crippen molar-refractivity contribution >= 4 is 17.2 Å². The van der Waals surface area contributed by atoms with E-state index in [0.29, 0.717) is 18.1 Å². The highest BCUT2D eigenvalue weighted by molar-refractivity contribution is 6.33. The quantitative estimate of drug-likeness (QED) is 0.338. The third-order valence-electron chi connectivity index (χ3n) is 5.29. The molecule has 0 N–H and O–H groups in total. The van der Waals surface area contributed by atoms with Crippen molar-refractivity contribution < 1.29 is 9.13 Å². The first-order valence-corrected chi connectivity index (χ1v) is 10.5. The first kappa shape index (κ1) is 20.7. The maximum Gasteiger partial charge on any atom is 0.184 e. The smallest absolute Gasteiger partial charge is 0.184 e. The fourth-order valence-electron chi connectivity index (χ4n) is 3.62. The molecule has 3 heteroatoms. The van der Waals surface area contributed by atoms with Gasteiger partial charge in [-0.15, -0.1) is 0 Å². The monoisotopic (exact) mass is 398 g/mol. The number of benzene rings is 2. The summed E-state index contributed by atoms with van der Waals surface area (Å²) < 4.78 is 20.1. The second-order valence-electron chi connectivity index (χ2n) is 7.31. The summed E-state index contributed by atoms with van der Waals surface area (Å²) in [5.41, 5.74) is 4.23. The first-order chi connectivity index (χ1) is 13.6. The Hall–Kier alpha value is -2.06. The Morgan fingerprint density at radius 1 is 1.14 bits per heavy atom. The largest absolute Gasteiger partial charge is 0.490 e. The van der Waals surface area contributed by atoms with Crippen LogP contribution in [0.3, 0.4) is 0 Å². The van der Waals surface area contributed by atoms with E-state index in [1.165, 1.54) is 17.6 Å². The minimum Gasteiger partial charge on any atom is -0.490 e. The van der Waals surface area contributed by atoms with E-state index in [2.05, 4.69) is 44.2 Å². The van der Waals surface area contributed by atoms with Crippen molar-refractivity contribution in [3.05, 3.63) is 71.0 Å². The minimum absolute atomic E-state index is 0.118. The lowest BCUT2D eigenvalue weighted by atomic mass is 9.86. The molecule has 0 radical (unpaired) electrons. The Morgan fingerprint density at radius 3 is 2.54 bits per heavy atom. The van der Waals surface area contributed by atoms with E-state index in [9.17, 15) is 4.39 Å². The summed E-state index contributed by atoms with van der Waals surface area (Å²) in [6.45, 7) is 4.65. The van der Waals surface area contributed by atoms with Gasteiger partial charge in [0, 0.05) is 5.56 Å². The Bertz CT molecular complexity index is 852. The molecule has 28 heavy (non-hydrogen) atoms. The van der Waals surface area contributed by atoms with Crippen LogP contribution in [-0.2, 0) is 0 Å². The zero-order valence-corrected chi connectivity index (χ0v) is 17.4. The number of unbranched alkanes of at least 4 members (excludes halogenated alkanes) is 1. The molecule has 0 amide bonds. The molecule has 1 aliphatic carbocycles. The van der Waals surface area contributed by atoms with Crippen LogP contribution in [0.1, 0.15) is 51.5 Å². The van der Waals surface area contributed by atoms with Crippen molar-refractivity contribution in [3.8, 4) is 16.9 Å². The van der Waals surface area contributed by atoms with Crippen molar-refractivity contribution in [2.75, 3.05) is 6.61 Å². The average molecular weight is 399 g/mol. The van der Waals surface area contributed by atoms with Crippen molar-refractivity contribution in [2.45, 2.75) is 46.0 Å². The molecule has 1 aliphatic rings. The molecule has 0 bridgehead atoms. The Kier molecular flexibility index (Phi) is 7.33. The van der Waals surface area contributed by atoms with E-state index < -0.39 is 5.82 Å². The van der Waals surface area contributed by atoms with Crippen LogP contribution in [0.5, 0.6) is 5.75 Å². The molecule has 148 valence electrons. The summed E-state index contributed by atoms with van der Waals surface area (Å²) in [5.74, 6) is 0.402. The summed E-state index contributed by atoms with van der Waals surface area (Å²) in [5, 5.41) is 0.118. The summed E-state index contributed by atoms with van der Waals surface area (Å²) in [4.78, 5) is 0. The lowest BCUT2D eigenvalue weighted by Crippen LogP contribution is -2.02. The summed E-state index contributed by atoms with van der Waals surface area (Å²) in [6.07, 6.45) is 12.1. The molecule has 0 fully saturated rings. The summed E-state index contributed by atoms with van der Waals surface area (Å²) in [7, 11) is 0. The first-order valence-electron chi connectivity index (χ1n) is 10.2. The zero-order chi connectivity index (χ0) is 19.9. The number of halogens is 2. The fraction of sp³-hybridized carbons (Fsp3) is 0.360. The second kappa shape index (κ2) is 9.93. The van der Waals surface area contributed by atoms with Gasteiger partial charge in [0.05, 0.1) is 11.6 Å². The third kappa shape index (κ3) is 4.86. The van der Waals surface area contributed by atoms with Crippen LogP contribution in [0.4, 0.5) is 4.39 Å². The van der Waals surface area contributed by atoms with Gasteiger partial charge >= 0.3 is 0 Å². The summed E-state index contributed by atoms with van der Waals surface area (Å²) in [6, 6.07) is 11.8. The van der Waals surface area contributed by atoms with E-state index in [4.69, 9.17) is 16.3 Å². The standard InChI is InChI=1S/C25H28ClFO/c1-3-5-17-28-23-16-15-22(24(26)25(23)27)21-13-11-20(12-14-21)19-9-7-18(6-4-2)8-10-19/h4,6,9,11-16,18H,3,5,7-8,10,17H2,1-2H3. The molecular weight excluding hydrogens is 371 g/mol. The lowest BCUT2D eigenvalue weighted by Gasteiger charge is -2.19. The van der Waals surface area contributed by atoms with Gasteiger partial charge in [0.1, 0.15) is 0 Å². The predicted molar refractivity (Wildman–Crippen MR) is 117 cm³/mol. The number of hydrogen-bond acceptors (Lipinski definition) is 1. The topological polar surface area (TPSA) is 9.23 Å². The van der Waals surface area contributed by atoms with Gasteiger partial charge in [-0.05, 0) is 67.4 Å². The van der Waals surface area contributed by atoms with Crippen LogP contribution in [0, 0.1) is 11.7 Å². The van der Waals surface area contributed by atoms with E-state index in [-0.39, 0.29) is 10.8 Å². The molecule has 2 aromatic rings.